The molecule has 0 radical (unpaired) electrons. The highest BCUT2D eigenvalue weighted by atomic mass is 19.4. The third-order valence-electron chi connectivity index (χ3n) is 2.30. The fraction of sp³-hybridized carbons (Fsp3) is 0.400. The SMILES string of the molecule is Nc1cc(OC2CNC2)cc(C(F)(F)F)c1. The van der Waals surface area contributed by atoms with Crippen LogP contribution in [0.15, 0.2) is 18.2 Å². The van der Waals surface area contributed by atoms with Crippen LogP contribution in [0.2, 0.25) is 0 Å². The van der Waals surface area contributed by atoms with Crippen LogP contribution in [-0.2, 0) is 6.18 Å². The Balaban J connectivity index is 2.21. The second kappa shape index (κ2) is 3.86. The van der Waals surface area contributed by atoms with E-state index < -0.39 is 11.7 Å². The fourth-order valence-corrected chi connectivity index (χ4v) is 1.39. The van der Waals surface area contributed by atoms with E-state index >= 15 is 0 Å². The number of nitrogens with one attached hydrogen (secondary N) is 1. The number of nitrogen functional groups attached to an aromatic ring is 1. The van der Waals surface area contributed by atoms with Gasteiger partial charge < -0.3 is 15.8 Å². The number of alkyl halides is 3. The maximum atomic E-state index is 12.5. The Morgan fingerprint density at radius 1 is 1.25 bits per heavy atom. The van der Waals surface area contributed by atoms with E-state index in [9.17, 15) is 13.2 Å². The molecular weight excluding hydrogens is 221 g/mol. The number of ether oxygens (including phenoxy) is 1. The molecule has 0 saturated carbocycles. The number of anilines is 1. The number of hydrogen-bond acceptors (Lipinski definition) is 3. The van der Waals surface area contributed by atoms with Crippen LogP contribution >= 0.6 is 0 Å². The Morgan fingerprint density at radius 2 is 1.94 bits per heavy atom. The molecule has 88 valence electrons. The normalized spacial score (nSPS) is 16.9. The number of nitrogens with two attached hydrogens (primary N) is 1. The highest BCUT2D eigenvalue weighted by Crippen LogP contribution is 2.33. The lowest BCUT2D eigenvalue weighted by atomic mass is 10.1. The second-order valence-electron chi connectivity index (χ2n) is 3.69. The molecule has 1 aromatic carbocycles. The molecule has 0 aromatic heterocycles. The molecule has 6 heteroatoms. The van der Waals surface area contributed by atoms with Gasteiger partial charge in [0.1, 0.15) is 11.9 Å². The minimum absolute atomic E-state index is 0.0529. The van der Waals surface area contributed by atoms with Gasteiger partial charge >= 0.3 is 6.18 Å². The van der Waals surface area contributed by atoms with Crippen molar-refractivity contribution in [3.05, 3.63) is 23.8 Å². The van der Waals surface area contributed by atoms with Gasteiger partial charge in [-0.25, -0.2) is 0 Å². The molecule has 1 fully saturated rings. The quantitative estimate of drug-likeness (QED) is 0.762. The Bertz CT molecular complexity index is 388. The predicted octanol–water partition coefficient (Wildman–Crippen LogP) is 1.64. The molecule has 0 amide bonds. The second-order valence-corrected chi connectivity index (χ2v) is 3.69. The molecule has 1 aliphatic heterocycles. The Hall–Kier alpha value is -1.43. The molecule has 1 saturated heterocycles. The summed E-state index contributed by atoms with van der Waals surface area (Å²) in [6, 6.07) is 3.26. The summed E-state index contributed by atoms with van der Waals surface area (Å²) in [6.45, 7) is 1.30. The van der Waals surface area contributed by atoms with Crippen molar-refractivity contribution in [2.75, 3.05) is 18.8 Å². The van der Waals surface area contributed by atoms with Crippen LogP contribution in [0.3, 0.4) is 0 Å². The van der Waals surface area contributed by atoms with Gasteiger partial charge in [-0.2, -0.15) is 13.2 Å². The average Bonchev–Trinajstić information content (AvgIpc) is 2.09. The van der Waals surface area contributed by atoms with Crippen LogP contribution in [0.25, 0.3) is 0 Å². The summed E-state index contributed by atoms with van der Waals surface area (Å²) in [5.74, 6) is 0.166. The maximum Gasteiger partial charge on any atom is 0.416 e. The van der Waals surface area contributed by atoms with E-state index in [2.05, 4.69) is 5.32 Å². The van der Waals surface area contributed by atoms with Crippen molar-refractivity contribution in [1.82, 2.24) is 5.32 Å². The Labute approximate surface area is 90.4 Å². The molecule has 1 heterocycles. The Morgan fingerprint density at radius 3 is 2.44 bits per heavy atom. The molecule has 0 bridgehead atoms. The van der Waals surface area contributed by atoms with Gasteiger partial charge in [0.2, 0.25) is 0 Å². The lowest BCUT2D eigenvalue weighted by molar-refractivity contribution is -0.137. The van der Waals surface area contributed by atoms with E-state index in [0.29, 0.717) is 13.1 Å². The van der Waals surface area contributed by atoms with E-state index in [1.54, 1.807) is 0 Å². The summed E-state index contributed by atoms with van der Waals surface area (Å²) >= 11 is 0. The van der Waals surface area contributed by atoms with Crippen molar-refractivity contribution < 1.29 is 17.9 Å². The summed E-state index contributed by atoms with van der Waals surface area (Å²) in [6.07, 6.45) is -4.46. The van der Waals surface area contributed by atoms with Crippen molar-refractivity contribution in [3.8, 4) is 5.75 Å². The third-order valence-corrected chi connectivity index (χ3v) is 2.30. The molecule has 16 heavy (non-hydrogen) atoms. The zero-order valence-corrected chi connectivity index (χ0v) is 8.34. The molecule has 0 atom stereocenters. The molecule has 0 unspecified atom stereocenters. The summed E-state index contributed by atoms with van der Waals surface area (Å²) in [4.78, 5) is 0. The van der Waals surface area contributed by atoms with Crippen LogP contribution in [-0.4, -0.2) is 19.2 Å². The highest BCUT2D eigenvalue weighted by Gasteiger charge is 2.31. The van der Waals surface area contributed by atoms with Crippen LogP contribution in [0.5, 0.6) is 5.75 Å². The van der Waals surface area contributed by atoms with Crippen LogP contribution in [0.4, 0.5) is 18.9 Å². The number of rotatable bonds is 2. The van der Waals surface area contributed by atoms with Gasteiger partial charge in [0, 0.05) is 24.8 Å². The van der Waals surface area contributed by atoms with E-state index in [4.69, 9.17) is 10.5 Å². The first-order chi connectivity index (χ1) is 7.45. The highest BCUT2D eigenvalue weighted by molar-refractivity contribution is 5.48. The van der Waals surface area contributed by atoms with E-state index in [1.165, 1.54) is 6.07 Å². The van der Waals surface area contributed by atoms with Crippen LogP contribution in [0.1, 0.15) is 5.56 Å². The zero-order chi connectivity index (χ0) is 11.8. The summed E-state index contributed by atoms with van der Waals surface area (Å²) in [5, 5.41) is 2.96. The van der Waals surface area contributed by atoms with Crippen molar-refractivity contribution in [2.24, 2.45) is 0 Å². The average molecular weight is 232 g/mol. The van der Waals surface area contributed by atoms with Crippen molar-refractivity contribution >= 4 is 5.69 Å². The Kier molecular flexibility index (Phi) is 2.67. The van der Waals surface area contributed by atoms with Crippen molar-refractivity contribution in [3.63, 3.8) is 0 Å². The maximum absolute atomic E-state index is 12.5. The molecule has 0 spiro atoms. The van der Waals surface area contributed by atoms with Crippen molar-refractivity contribution in [2.45, 2.75) is 12.3 Å². The third kappa shape index (κ3) is 2.38. The molecule has 1 aliphatic rings. The smallest absolute Gasteiger partial charge is 0.416 e. The largest absolute Gasteiger partial charge is 0.488 e. The molecule has 3 nitrogen and oxygen atoms in total. The number of benzene rings is 1. The van der Waals surface area contributed by atoms with Gasteiger partial charge in [-0.15, -0.1) is 0 Å². The van der Waals surface area contributed by atoms with Crippen molar-refractivity contribution in [1.29, 1.82) is 0 Å². The van der Waals surface area contributed by atoms with Gasteiger partial charge in [0.05, 0.1) is 5.56 Å². The fourth-order valence-electron chi connectivity index (χ4n) is 1.39. The minimum Gasteiger partial charge on any atom is -0.488 e. The van der Waals surface area contributed by atoms with E-state index in [1.807, 2.05) is 0 Å². The summed E-state index contributed by atoms with van der Waals surface area (Å²) in [7, 11) is 0. The lowest BCUT2D eigenvalue weighted by Gasteiger charge is -2.28. The van der Waals surface area contributed by atoms with Gasteiger partial charge in [-0.1, -0.05) is 0 Å². The van der Waals surface area contributed by atoms with Crippen LogP contribution < -0.4 is 15.8 Å². The molecule has 1 aromatic rings. The van der Waals surface area contributed by atoms with Gasteiger partial charge in [-0.05, 0) is 12.1 Å². The van der Waals surface area contributed by atoms with Gasteiger partial charge in [-0.3, -0.25) is 0 Å². The van der Waals surface area contributed by atoms with Gasteiger partial charge in [0.15, 0.2) is 0 Å². The first-order valence-electron chi connectivity index (χ1n) is 4.80. The first kappa shape index (κ1) is 11.1. The molecule has 2 rings (SSSR count). The predicted molar refractivity (Wildman–Crippen MR) is 53.1 cm³/mol. The summed E-state index contributed by atoms with van der Waals surface area (Å²) < 4.78 is 42.7. The van der Waals surface area contributed by atoms with E-state index in [-0.39, 0.29) is 17.5 Å². The van der Waals surface area contributed by atoms with Crippen LogP contribution in [0, 0.1) is 0 Å². The number of hydrogen-bond donors (Lipinski definition) is 2. The lowest BCUT2D eigenvalue weighted by Crippen LogP contribution is -2.50. The first-order valence-corrected chi connectivity index (χ1v) is 4.80. The molecule has 3 N–H and O–H groups in total. The minimum atomic E-state index is -4.40. The molecule has 0 aliphatic carbocycles. The topological polar surface area (TPSA) is 47.3 Å². The summed E-state index contributed by atoms with van der Waals surface area (Å²) in [5.41, 5.74) is 4.67. The van der Waals surface area contributed by atoms with E-state index in [0.717, 1.165) is 12.1 Å². The zero-order valence-electron chi connectivity index (χ0n) is 8.34. The standard InChI is InChI=1S/C10H11F3N2O/c11-10(12,13)6-1-7(14)3-8(2-6)16-9-4-15-5-9/h1-3,9,15H,4-5,14H2. The molecular formula is C10H11F3N2O. The number of halogens is 3. The monoisotopic (exact) mass is 232 g/mol. The van der Waals surface area contributed by atoms with Gasteiger partial charge in [0.25, 0.3) is 0 Å².